The third kappa shape index (κ3) is 4.12. The van der Waals surface area contributed by atoms with Crippen LogP contribution in [0.15, 0.2) is 24.5 Å². The van der Waals surface area contributed by atoms with Crippen LogP contribution in [0.25, 0.3) is 0 Å². The van der Waals surface area contributed by atoms with E-state index >= 15 is 0 Å². The van der Waals surface area contributed by atoms with E-state index in [1.807, 2.05) is 0 Å². The molecular weight excluding hydrogens is 236 g/mol. The van der Waals surface area contributed by atoms with E-state index in [9.17, 15) is 4.79 Å². The molecule has 0 radical (unpaired) electrons. The van der Waals surface area contributed by atoms with Crippen LogP contribution >= 0.6 is 15.9 Å². The third-order valence-corrected chi connectivity index (χ3v) is 2.17. The number of ether oxygens (including phenoxy) is 2. The molecule has 4 heteroatoms. The Morgan fingerprint density at radius 2 is 2.15 bits per heavy atom. The normalized spacial score (nSPS) is 13.3. The van der Waals surface area contributed by atoms with E-state index in [1.54, 1.807) is 12.2 Å². The molecule has 0 aromatic heterocycles. The van der Waals surface area contributed by atoms with Crippen molar-refractivity contribution in [1.29, 1.82) is 0 Å². The number of alkyl halides is 1. The number of rotatable bonds is 5. The highest BCUT2D eigenvalue weighted by Crippen LogP contribution is 2.10. The van der Waals surface area contributed by atoms with Gasteiger partial charge in [0.05, 0.1) is 20.1 Å². The Kier molecular flexibility index (Phi) is 6.32. The molecule has 0 bridgehead atoms. The monoisotopic (exact) mass is 248 g/mol. The van der Waals surface area contributed by atoms with Crippen molar-refractivity contribution in [2.45, 2.75) is 0 Å². The van der Waals surface area contributed by atoms with Crippen molar-refractivity contribution >= 4 is 21.9 Å². The molecule has 0 saturated carbocycles. The van der Waals surface area contributed by atoms with Crippen molar-refractivity contribution in [3.05, 3.63) is 24.5 Å². The van der Waals surface area contributed by atoms with Gasteiger partial charge in [0.2, 0.25) is 0 Å². The summed E-state index contributed by atoms with van der Waals surface area (Å²) in [5.41, 5.74) is 0. The molecule has 1 unspecified atom stereocenters. The fourth-order valence-corrected chi connectivity index (χ4v) is 1.20. The first-order valence-electron chi connectivity index (χ1n) is 3.71. The zero-order chi connectivity index (χ0) is 10.3. The van der Waals surface area contributed by atoms with E-state index in [-0.39, 0.29) is 11.9 Å². The van der Waals surface area contributed by atoms with E-state index in [4.69, 9.17) is 4.74 Å². The van der Waals surface area contributed by atoms with Crippen LogP contribution in [-0.4, -0.2) is 25.5 Å². The maximum Gasteiger partial charge on any atom is 0.313 e. The molecule has 13 heavy (non-hydrogen) atoms. The largest absolute Gasteiger partial charge is 0.497 e. The molecule has 3 nitrogen and oxygen atoms in total. The van der Waals surface area contributed by atoms with Crippen LogP contribution in [0, 0.1) is 5.92 Å². The number of esters is 1. The molecule has 0 aliphatic rings. The minimum atomic E-state index is -0.335. The number of halogens is 1. The molecule has 0 aromatic rings. The summed E-state index contributed by atoms with van der Waals surface area (Å²) in [7, 11) is 2.88. The molecule has 74 valence electrons. The second-order valence-corrected chi connectivity index (χ2v) is 2.91. The van der Waals surface area contributed by atoms with Crippen molar-refractivity contribution in [2.75, 3.05) is 19.5 Å². The van der Waals surface area contributed by atoms with Crippen molar-refractivity contribution in [1.82, 2.24) is 0 Å². The summed E-state index contributed by atoms with van der Waals surface area (Å²) >= 11 is 3.21. The predicted octanol–water partition coefficient (Wildman–Crippen LogP) is 1.89. The molecule has 0 heterocycles. The lowest BCUT2D eigenvalue weighted by atomic mass is 10.1. The lowest BCUT2D eigenvalue weighted by Crippen LogP contribution is -2.15. The SMILES string of the molecule is C=CC(=CC(CBr)C(=O)OC)OC. The van der Waals surface area contributed by atoms with Crippen molar-refractivity contribution in [2.24, 2.45) is 5.92 Å². The highest BCUT2D eigenvalue weighted by molar-refractivity contribution is 9.09. The third-order valence-electron chi connectivity index (χ3n) is 1.47. The van der Waals surface area contributed by atoms with Gasteiger partial charge in [-0.15, -0.1) is 0 Å². The highest BCUT2D eigenvalue weighted by Gasteiger charge is 2.15. The summed E-state index contributed by atoms with van der Waals surface area (Å²) < 4.78 is 9.53. The smallest absolute Gasteiger partial charge is 0.313 e. The number of allylic oxidation sites excluding steroid dienone is 1. The summed E-state index contributed by atoms with van der Waals surface area (Å²) in [6.07, 6.45) is 3.20. The average molecular weight is 249 g/mol. The summed E-state index contributed by atoms with van der Waals surface area (Å²) in [6, 6.07) is 0. The molecule has 0 rings (SSSR count). The first-order chi connectivity index (χ1) is 6.19. The second-order valence-electron chi connectivity index (χ2n) is 2.26. The van der Waals surface area contributed by atoms with Gasteiger partial charge in [0, 0.05) is 5.33 Å². The quantitative estimate of drug-likeness (QED) is 0.323. The maximum absolute atomic E-state index is 11.1. The van der Waals surface area contributed by atoms with Crippen LogP contribution in [-0.2, 0) is 14.3 Å². The number of carbonyl (C=O) groups excluding carboxylic acids is 1. The van der Waals surface area contributed by atoms with E-state index in [1.165, 1.54) is 14.2 Å². The zero-order valence-corrected chi connectivity index (χ0v) is 9.33. The molecular formula is C9H13BrO3. The van der Waals surface area contributed by atoms with E-state index in [0.717, 1.165) is 0 Å². The van der Waals surface area contributed by atoms with Crippen LogP contribution < -0.4 is 0 Å². The minimum absolute atomic E-state index is 0.298. The Labute approximate surface area is 86.5 Å². The van der Waals surface area contributed by atoms with Gasteiger partial charge in [-0.1, -0.05) is 22.5 Å². The Balaban J connectivity index is 4.49. The Morgan fingerprint density at radius 1 is 1.54 bits per heavy atom. The summed E-state index contributed by atoms with van der Waals surface area (Å²) in [6.45, 7) is 3.54. The summed E-state index contributed by atoms with van der Waals surface area (Å²) in [4.78, 5) is 11.1. The van der Waals surface area contributed by atoms with Crippen LogP contribution in [0.4, 0.5) is 0 Å². The first-order valence-corrected chi connectivity index (χ1v) is 4.83. The van der Waals surface area contributed by atoms with Gasteiger partial charge in [0.1, 0.15) is 5.76 Å². The maximum atomic E-state index is 11.1. The molecule has 0 aliphatic heterocycles. The van der Waals surface area contributed by atoms with Gasteiger partial charge >= 0.3 is 5.97 Å². The van der Waals surface area contributed by atoms with Crippen LogP contribution in [0.5, 0.6) is 0 Å². The predicted molar refractivity (Wildman–Crippen MR) is 54.6 cm³/mol. The van der Waals surface area contributed by atoms with Gasteiger partial charge in [0.15, 0.2) is 0 Å². The molecule has 0 amide bonds. The fraction of sp³-hybridized carbons (Fsp3) is 0.444. The van der Waals surface area contributed by atoms with Crippen LogP contribution in [0.1, 0.15) is 0 Å². The lowest BCUT2D eigenvalue weighted by molar-refractivity contribution is -0.143. The molecule has 1 atom stereocenters. The van der Waals surface area contributed by atoms with Gasteiger partial charge in [-0.3, -0.25) is 4.79 Å². The van der Waals surface area contributed by atoms with E-state index in [0.29, 0.717) is 11.1 Å². The van der Waals surface area contributed by atoms with Gasteiger partial charge < -0.3 is 9.47 Å². The molecule has 0 fully saturated rings. The Morgan fingerprint density at radius 3 is 2.46 bits per heavy atom. The molecule has 0 saturated heterocycles. The molecule has 0 N–H and O–H groups in total. The van der Waals surface area contributed by atoms with E-state index in [2.05, 4.69) is 27.2 Å². The zero-order valence-electron chi connectivity index (χ0n) is 7.75. The highest BCUT2D eigenvalue weighted by atomic mass is 79.9. The molecule has 0 aromatic carbocycles. The Hall–Kier alpha value is -0.770. The average Bonchev–Trinajstić information content (AvgIpc) is 2.19. The topological polar surface area (TPSA) is 35.5 Å². The summed E-state index contributed by atoms with van der Waals surface area (Å²) in [5.74, 6) is -0.0684. The number of carbonyl (C=O) groups is 1. The lowest BCUT2D eigenvalue weighted by Gasteiger charge is -2.07. The standard InChI is InChI=1S/C9H13BrO3/c1-4-8(12-2)5-7(6-10)9(11)13-3/h4-5,7H,1,6H2,2-3H3. The number of hydrogen-bond donors (Lipinski definition) is 0. The Bertz CT molecular complexity index is 211. The number of methoxy groups -OCH3 is 2. The second kappa shape index (κ2) is 6.71. The minimum Gasteiger partial charge on any atom is -0.497 e. The van der Waals surface area contributed by atoms with Crippen molar-refractivity contribution in [3.63, 3.8) is 0 Å². The van der Waals surface area contributed by atoms with Gasteiger partial charge in [-0.2, -0.15) is 0 Å². The molecule has 0 spiro atoms. The number of hydrogen-bond acceptors (Lipinski definition) is 3. The van der Waals surface area contributed by atoms with Crippen molar-refractivity contribution < 1.29 is 14.3 Å². The van der Waals surface area contributed by atoms with E-state index < -0.39 is 0 Å². The van der Waals surface area contributed by atoms with Crippen molar-refractivity contribution in [3.8, 4) is 0 Å². The van der Waals surface area contributed by atoms with Gasteiger partial charge in [-0.05, 0) is 12.2 Å². The first kappa shape index (κ1) is 12.2. The van der Waals surface area contributed by atoms with Crippen LogP contribution in [0.2, 0.25) is 0 Å². The summed E-state index contributed by atoms with van der Waals surface area (Å²) in [5, 5.41) is 0.500. The van der Waals surface area contributed by atoms with Gasteiger partial charge in [0.25, 0.3) is 0 Å². The molecule has 0 aliphatic carbocycles. The van der Waals surface area contributed by atoms with Gasteiger partial charge in [-0.25, -0.2) is 0 Å². The fourth-order valence-electron chi connectivity index (χ4n) is 0.745. The van der Waals surface area contributed by atoms with Crippen LogP contribution in [0.3, 0.4) is 0 Å².